The molecule has 0 aliphatic heterocycles. The van der Waals surface area contributed by atoms with Crippen LogP contribution in [0.1, 0.15) is 11.1 Å². The Kier molecular flexibility index (Phi) is 3.23. The van der Waals surface area contributed by atoms with Gasteiger partial charge < -0.3 is 10.5 Å². The van der Waals surface area contributed by atoms with Crippen molar-refractivity contribution < 1.29 is 9.13 Å². The first kappa shape index (κ1) is 11.4. The lowest BCUT2D eigenvalue weighted by atomic mass is 10.2. The van der Waals surface area contributed by atoms with Gasteiger partial charge in [-0.3, -0.25) is 0 Å². The van der Waals surface area contributed by atoms with E-state index >= 15 is 0 Å². The van der Waals surface area contributed by atoms with Gasteiger partial charge in [0.25, 0.3) is 0 Å². The first-order valence-corrected chi connectivity index (χ1v) is 5.24. The molecule has 0 spiro atoms. The summed E-state index contributed by atoms with van der Waals surface area (Å²) in [5, 5.41) is 0. The van der Waals surface area contributed by atoms with Crippen molar-refractivity contribution in [3.8, 4) is 5.75 Å². The number of aryl methyl sites for hydroxylation is 1. The number of pyridine rings is 1. The molecule has 0 atom stereocenters. The van der Waals surface area contributed by atoms with E-state index < -0.39 is 0 Å². The SMILES string of the molecule is Cc1cc(OCc2ccc(N)nc2)ccc1F. The molecule has 17 heavy (non-hydrogen) atoms. The molecule has 0 saturated heterocycles. The highest BCUT2D eigenvalue weighted by Crippen LogP contribution is 2.17. The predicted octanol–water partition coefficient (Wildman–Crippen LogP) is 2.69. The number of anilines is 1. The Labute approximate surface area is 99.1 Å². The first-order valence-electron chi connectivity index (χ1n) is 5.24. The van der Waals surface area contributed by atoms with Gasteiger partial charge in [0.15, 0.2) is 0 Å². The van der Waals surface area contributed by atoms with E-state index in [1.807, 2.05) is 6.07 Å². The van der Waals surface area contributed by atoms with Crippen LogP contribution in [0.2, 0.25) is 0 Å². The van der Waals surface area contributed by atoms with Crippen LogP contribution in [0, 0.1) is 12.7 Å². The molecule has 1 heterocycles. The number of nitrogen functional groups attached to an aromatic ring is 1. The zero-order valence-corrected chi connectivity index (χ0v) is 9.48. The monoisotopic (exact) mass is 232 g/mol. The summed E-state index contributed by atoms with van der Waals surface area (Å²) in [6.45, 7) is 2.09. The van der Waals surface area contributed by atoms with E-state index in [-0.39, 0.29) is 5.82 Å². The fourth-order valence-electron chi connectivity index (χ4n) is 1.39. The molecule has 4 heteroatoms. The van der Waals surface area contributed by atoms with Gasteiger partial charge in [-0.15, -0.1) is 0 Å². The van der Waals surface area contributed by atoms with Gasteiger partial charge in [0.1, 0.15) is 24.0 Å². The van der Waals surface area contributed by atoms with Gasteiger partial charge in [-0.25, -0.2) is 9.37 Å². The maximum absolute atomic E-state index is 13.0. The van der Waals surface area contributed by atoms with Crippen LogP contribution in [-0.4, -0.2) is 4.98 Å². The van der Waals surface area contributed by atoms with Crippen LogP contribution < -0.4 is 10.5 Å². The third-order valence-corrected chi connectivity index (χ3v) is 2.38. The molecule has 3 nitrogen and oxygen atoms in total. The van der Waals surface area contributed by atoms with E-state index in [0.717, 1.165) is 5.56 Å². The zero-order chi connectivity index (χ0) is 12.3. The second-order valence-corrected chi connectivity index (χ2v) is 3.79. The minimum absolute atomic E-state index is 0.230. The van der Waals surface area contributed by atoms with E-state index in [4.69, 9.17) is 10.5 Å². The van der Waals surface area contributed by atoms with E-state index in [9.17, 15) is 4.39 Å². The molecule has 0 radical (unpaired) electrons. The van der Waals surface area contributed by atoms with Gasteiger partial charge in [0.05, 0.1) is 0 Å². The van der Waals surface area contributed by atoms with Crippen LogP contribution >= 0.6 is 0 Å². The highest BCUT2D eigenvalue weighted by Gasteiger charge is 2.00. The molecule has 2 aromatic rings. The van der Waals surface area contributed by atoms with Gasteiger partial charge in [0, 0.05) is 11.8 Å². The number of hydrogen-bond donors (Lipinski definition) is 1. The second-order valence-electron chi connectivity index (χ2n) is 3.79. The summed E-state index contributed by atoms with van der Waals surface area (Å²) in [5.41, 5.74) is 6.96. The van der Waals surface area contributed by atoms with Crippen molar-refractivity contribution in [3.05, 3.63) is 53.5 Å². The highest BCUT2D eigenvalue weighted by molar-refractivity contribution is 5.31. The van der Waals surface area contributed by atoms with Crippen LogP contribution in [-0.2, 0) is 6.61 Å². The van der Waals surface area contributed by atoms with Crippen LogP contribution in [0.3, 0.4) is 0 Å². The molecule has 0 saturated carbocycles. The van der Waals surface area contributed by atoms with Crippen molar-refractivity contribution in [3.63, 3.8) is 0 Å². The number of nitrogens with two attached hydrogens (primary N) is 1. The summed E-state index contributed by atoms with van der Waals surface area (Å²) < 4.78 is 18.5. The Morgan fingerprint density at radius 1 is 1.29 bits per heavy atom. The quantitative estimate of drug-likeness (QED) is 0.885. The number of aromatic nitrogens is 1. The lowest BCUT2D eigenvalue weighted by molar-refractivity contribution is 0.305. The molecule has 0 amide bonds. The van der Waals surface area contributed by atoms with Gasteiger partial charge >= 0.3 is 0 Å². The number of nitrogens with zero attached hydrogens (tertiary/aromatic N) is 1. The van der Waals surface area contributed by atoms with Crippen LogP contribution in [0.15, 0.2) is 36.5 Å². The summed E-state index contributed by atoms with van der Waals surface area (Å²) in [5.74, 6) is 0.888. The van der Waals surface area contributed by atoms with Crippen LogP contribution in [0.4, 0.5) is 10.2 Å². The molecular weight excluding hydrogens is 219 g/mol. The topological polar surface area (TPSA) is 48.1 Å². The molecule has 1 aromatic carbocycles. The fourth-order valence-corrected chi connectivity index (χ4v) is 1.39. The lowest BCUT2D eigenvalue weighted by Crippen LogP contribution is -1.98. The number of hydrogen-bond acceptors (Lipinski definition) is 3. The normalized spacial score (nSPS) is 10.2. The van der Waals surface area contributed by atoms with Crippen molar-refractivity contribution in [1.82, 2.24) is 4.98 Å². The Morgan fingerprint density at radius 2 is 2.12 bits per heavy atom. The van der Waals surface area contributed by atoms with Crippen molar-refractivity contribution in [2.45, 2.75) is 13.5 Å². The van der Waals surface area contributed by atoms with Crippen molar-refractivity contribution in [1.29, 1.82) is 0 Å². The van der Waals surface area contributed by atoms with Crippen molar-refractivity contribution in [2.24, 2.45) is 0 Å². The fraction of sp³-hybridized carbons (Fsp3) is 0.154. The Hall–Kier alpha value is -2.10. The summed E-state index contributed by atoms with van der Waals surface area (Å²) >= 11 is 0. The third kappa shape index (κ3) is 2.93. The zero-order valence-electron chi connectivity index (χ0n) is 9.48. The summed E-state index contributed by atoms with van der Waals surface area (Å²) in [4.78, 5) is 3.96. The molecule has 1 aromatic heterocycles. The number of rotatable bonds is 3. The summed E-state index contributed by atoms with van der Waals surface area (Å²) in [6.07, 6.45) is 1.66. The minimum Gasteiger partial charge on any atom is -0.489 e. The average molecular weight is 232 g/mol. The Morgan fingerprint density at radius 3 is 2.76 bits per heavy atom. The number of ether oxygens (including phenoxy) is 1. The van der Waals surface area contributed by atoms with E-state index in [1.165, 1.54) is 6.07 Å². The van der Waals surface area contributed by atoms with Gasteiger partial charge in [-0.05, 0) is 36.8 Å². The van der Waals surface area contributed by atoms with Crippen molar-refractivity contribution in [2.75, 3.05) is 5.73 Å². The second kappa shape index (κ2) is 4.82. The third-order valence-electron chi connectivity index (χ3n) is 2.38. The number of halogens is 1. The maximum Gasteiger partial charge on any atom is 0.126 e. The Balaban J connectivity index is 2.02. The maximum atomic E-state index is 13.0. The van der Waals surface area contributed by atoms with E-state index in [1.54, 1.807) is 31.3 Å². The van der Waals surface area contributed by atoms with Gasteiger partial charge in [0.2, 0.25) is 0 Å². The van der Waals surface area contributed by atoms with E-state index in [2.05, 4.69) is 4.98 Å². The molecule has 0 unspecified atom stereocenters. The molecule has 0 bridgehead atoms. The van der Waals surface area contributed by atoms with Gasteiger partial charge in [-0.2, -0.15) is 0 Å². The molecule has 0 aliphatic rings. The molecule has 88 valence electrons. The molecular formula is C13H13FN2O. The minimum atomic E-state index is -0.230. The standard InChI is InChI=1S/C13H13FN2O/c1-9-6-11(3-4-12(9)14)17-8-10-2-5-13(15)16-7-10/h2-7H,8H2,1H3,(H2,15,16). The number of benzene rings is 1. The molecule has 2 rings (SSSR count). The largest absolute Gasteiger partial charge is 0.489 e. The average Bonchev–Trinajstić information content (AvgIpc) is 2.33. The molecule has 0 aliphatic carbocycles. The van der Waals surface area contributed by atoms with Gasteiger partial charge in [-0.1, -0.05) is 6.07 Å². The van der Waals surface area contributed by atoms with Crippen LogP contribution in [0.25, 0.3) is 0 Å². The summed E-state index contributed by atoms with van der Waals surface area (Å²) in [6, 6.07) is 8.23. The molecule has 2 N–H and O–H groups in total. The lowest BCUT2D eigenvalue weighted by Gasteiger charge is -2.07. The molecule has 0 fully saturated rings. The highest BCUT2D eigenvalue weighted by atomic mass is 19.1. The van der Waals surface area contributed by atoms with Crippen LogP contribution in [0.5, 0.6) is 5.75 Å². The smallest absolute Gasteiger partial charge is 0.126 e. The first-order chi connectivity index (χ1) is 8.15. The van der Waals surface area contributed by atoms with E-state index in [0.29, 0.717) is 23.7 Å². The summed E-state index contributed by atoms with van der Waals surface area (Å²) in [7, 11) is 0. The van der Waals surface area contributed by atoms with Crippen molar-refractivity contribution >= 4 is 5.82 Å². The Bertz CT molecular complexity index is 511. The predicted molar refractivity (Wildman–Crippen MR) is 64.1 cm³/mol.